The van der Waals surface area contributed by atoms with Gasteiger partial charge in [-0.05, 0) is 41.8 Å². The predicted octanol–water partition coefficient (Wildman–Crippen LogP) is 2.62. The lowest BCUT2D eigenvalue weighted by molar-refractivity contribution is 0.282. The summed E-state index contributed by atoms with van der Waals surface area (Å²) in [4.78, 5) is 8.82. The average Bonchev–Trinajstić information content (AvgIpc) is 2.69. The summed E-state index contributed by atoms with van der Waals surface area (Å²) in [7, 11) is 0. The number of benzene rings is 2. The molecule has 1 fully saturated rings. The third-order valence-electron chi connectivity index (χ3n) is 4.68. The summed E-state index contributed by atoms with van der Waals surface area (Å²) >= 11 is 0. The number of anilines is 1. The Morgan fingerprint density at radius 1 is 0.963 bits per heavy atom. The largest absolute Gasteiger partial charge is 0.392 e. The average molecular weight is 484 g/mol. The minimum atomic E-state index is -0.213. The minimum Gasteiger partial charge on any atom is -0.392 e. The molecule has 0 spiro atoms. The normalized spacial score (nSPS) is 14.8. The molecule has 2 aromatic rings. The van der Waals surface area contributed by atoms with Gasteiger partial charge in [-0.25, -0.2) is 4.39 Å². The highest BCUT2D eigenvalue weighted by atomic mass is 127. The van der Waals surface area contributed by atoms with E-state index in [1.54, 1.807) is 0 Å². The van der Waals surface area contributed by atoms with Crippen molar-refractivity contribution in [2.45, 2.75) is 13.0 Å². The number of nitrogens with zero attached hydrogens (tertiary/aromatic N) is 3. The molecule has 0 aliphatic carbocycles. The molecule has 0 unspecified atom stereocenters. The highest BCUT2D eigenvalue weighted by molar-refractivity contribution is 14.0. The third-order valence-corrected chi connectivity index (χ3v) is 4.68. The molecule has 2 aromatic carbocycles. The molecule has 146 valence electrons. The van der Waals surface area contributed by atoms with Crippen LogP contribution in [0.5, 0.6) is 0 Å². The Morgan fingerprint density at radius 3 is 2.15 bits per heavy atom. The van der Waals surface area contributed by atoms with E-state index in [-0.39, 0.29) is 36.4 Å². The number of aliphatic imine (C=N–C) groups is 1. The molecule has 27 heavy (non-hydrogen) atoms. The van der Waals surface area contributed by atoms with Crippen LogP contribution in [0.15, 0.2) is 53.5 Å². The summed E-state index contributed by atoms with van der Waals surface area (Å²) in [6.45, 7) is 3.99. The van der Waals surface area contributed by atoms with Crippen molar-refractivity contribution in [3.8, 4) is 0 Å². The Balaban J connectivity index is 0.00000261. The van der Waals surface area contributed by atoms with Crippen LogP contribution >= 0.6 is 24.0 Å². The standard InChI is InChI=1S/C20H25FN4O.HI/c21-18-5-7-19(8-6-18)24-11-13-25(14-12-24)20(22)23-10-9-16-1-3-17(15-26)4-2-16;/h1-8,26H,9-15H2,(H2,22,23);1H. The number of halogens is 2. The molecule has 1 aliphatic rings. The van der Waals surface area contributed by atoms with E-state index in [9.17, 15) is 4.39 Å². The van der Waals surface area contributed by atoms with Gasteiger partial charge in [0.25, 0.3) is 0 Å². The molecule has 1 saturated heterocycles. The van der Waals surface area contributed by atoms with E-state index < -0.39 is 0 Å². The Kier molecular flexibility index (Phi) is 8.30. The predicted molar refractivity (Wildman–Crippen MR) is 118 cm³/mol. The van der Waals surface area contributed by atoms with Crippen LogP contribution < -0.4 is 10.6 Å². The van der Waals surface area contributed by atoms with Crippen LogP contribution in [0.3, 0.4) is 0 Å². The Labute approximate surface area is 176 Å². The Hall–Kier alpha value is -1.87. The van der Waals surface area contributed by atoms with Gasteiger partial charge in [0.2, 0.25) is 0 Å². The van der Waals surface area contributed by atoms with Crippen molar-refractivity contribution in [3.63, 3.8) is 0 Å². The second-order valence-corrected chi connectivity index (χ2v) is 6.42. The molecule has 0 saturated carbocycles. The number of aliphatic hydroxyl groups is 1. The van der Waals surface area contributed by atoms with Gasteiger partial charge in [0.1, 0.15) is 5.82 Å². The van der Waals surface area contributed by atoms with Crippen molar-refractivity contribution in [2.24, 2.45) is 10.7 Å². The SMILES string of the molecule is I.NC(=NCCc1ccc(CO)cc1)N1CCN(c2ccc(F)cc2)CC1. The molecular formula is C20H26FIN4O. The summed E-state index contributed by atoms with van der Waals surface area (Å²) in [5, 5.41) is 9.06. The topological polar surface area (TPSA) is 65.1 Å². The van der Waals surface area contributed by atoms with Gasteiger partial charge >= 0.3 is 0 Å². The van der Waals surface area contributed by atoms with Gasteiger partial charge in [-0.15, -0.1) is 24.0 Å². The fourth-order valence-corrected chi connectivity index (χ4v) is 3.06. The van der Waals surface area contributed by atoms with Gasteiger partial charge in [0, 0.05) is 38.4 Å². The van der Waals surface area contributed by atoms with Crippen LogP contribution in [-0.2, 0) is 13.0 Å². The maximum atomic E-state index is 13.0. The van der Waals surface area contributed by atoms with Crippen molar-refractivity contribution in [2.75, 3.05) is 37.6 Å². The molecular weight excluding hydrogens is 458 g/mol. The fraction of sp³-hybridized carbons (Fsp3) is 0.350. The van der Waals surface area contributed by atoms with Gasteiger partial charge in [0.05, 0.1) is 6.61 Å². The van der Waals surface area contributed by atoms with Crippen molar-refractivity contribution in [1.29, 1.82) is 0 Å². The van der Waals surface area contributed by atoms with E-state index in [0.29, 0.717) is 12.5 Å². The first-order valence-electron chi connectivity index (χ1n) is 8.90. The summed E-state index contributed by atoms with van der Waals surface area (Å²) in [6, 6.07) is 14.5. The first-order valence-corrected chi connectivity index (χ1v) is 8.90. The number of hydrogen-bond acceptors (Lipinski definition) is 3. The Morgan fingerprint density at radius 2 is 1.56 bits per heavy atom. The van der Waals surface area contributed by atoms with E-state index in [2.05, 4.69) is 14.8 Å². The van der Waals surface area contributed by atoms with Crippen LogP contribution in [0.25, 0.3) is 0 Å². The summed E-state index contributed by atoms with van der Waals surface area (Å²) in [5.74, 6) is 0.366. The molecule has 3 rings (SSSR count). The number of piperazine rings is 1. The molecule has 1 heterocycles. The Bertz CT molecular complexity index is 729. The second-order valence-electron chi connectivity index (χ2n) is 6.42. The zero-order valence-electron chi connectivity index (χ0n) is 15.2. The third kappa shape index (κ3) is 6.07. The molecule has 0 bridgehead atoms. The monoisotopic (exact) mass is 484 g/mol. The van der Waals surface area contributed by atoms with Crippen molar-refractivity contribution in [3.05, 3.63) is 65.5 Å². The first-order chi connectivity index (χ1) is 12.7. The van der Waals surface area contributed by atoms with E-state index >= 15 is 0 Å². The molecule has 5 nitrogen and oxygen atoms in total. The van der Waals surface area contributed by atoms with Crippen LogP contribution in [0.4, 0.5) is 10.1 Å². The molecule has 0 radical (unpaired) electrons. The number of rotatable bonds is 5. The number of nitrogens with two attached hydrogens (primary N) is 1. The molecule has 3 N–H and O–H groups in total. The van der Waals surface area contributed by atoms with Crippen molar-refractivity contribution in [1.82, 2.24) is 4.90 Å². The summed E-state index contributed by atoms with van der Waals surface area (Å²) in [5.41, 5.74) is 9.27. The maximum Gasteiger partial charge on any atom is 0.191 e. The van der Waals surface area contributed by atoms with Crippen LogP contribution in [0, 0.1) is 5.82 Å². The zero-order valence-corrected chi connectivity index (χ0v) is 17.6. The van der Waals surface area contributed by atoms with Gasteiger partial charge in [-0.1, -0.05) is 24.3 Å². The summed E-state index contributed by atoms with van der Waals surface area (Å²) in [6.07, 6.45) is 0.821. The van der Waals surface area contributed by atoms with Gasteiger partial charge < -0.3 is 20.6 Å². The number of aliphatic hydroxyl groups excluding tert-OH is 1. The smallest absolute Gasteiger partial charge is 0.191 e. The quantitative estimate of drug-likeness (QED) is 0.389. The van der Waals surface area contributed by atoms with Crippen LogP contribution in [-0.4, -0.2) is 48.7 Å². The highest BCUT2D eigenvalue weighted by Gasteiger charge is 2.18. The van der Waals surface area contributed by atoms with Gasteiger partial charge in [0.15, 0.2) is 5.96 Å². The second kappa shape index (κ2) is 10.5. The van der Waals surface area contributed by atoms with E-state index in [1.807, 2.05) is 36.4 Å². The number of hydrogen-bond donors (Lipinski definition) is 2. The van der Waals surface area contributed by atoms with E-state index in [4.69, 9.17) is 10.8 Å². The minimum absolute atomic E-state index is 0. The lowest BCUT2D eigenvalue weighted by Gasteiger charge is -2.36. The molecule has 0 aromatic heterocycles. The van der Waals surface area contributed by atoms with Crippen LogP contribution in [0.1, 0.15) is 11.1 Å². The first kappa shape index (κ1) is 21.4. The van der Waals surface area contributed by atoms with Crippen LogP contribution in [0.2, 0.25) is 0 Å². The molecule has 0 atom stereocenters. The molecule has 0 amide bonds. The lowest BCUT2D eigenvalue weighted by Crippen LogP contribution is -2.51. The zero-order chi connectivity index (χ0) is 18.4. The van der Waals surface area contributed by atoms with Crippen molar-refractivity contribution < 1.29 is 9.50 Å². The highest BCUT2D eigenvalue weighted by Crippen LogP contribution is 2.16. The molecule has 7 heteroatoms. The van der Waals surface area contributed by atoms with Crippen molar-refractivity contribution >= 4 is 35.6 Å². The maximum absolute atomic E-state index is 13.0. The van der Waals surface area contributed by atoms with Gasteiger partial charge in [-0.2, -0.15) is 0 Å². The lowest BCUT2D eigenvalue weighted by atomic mass is 10.1. The van der Waals surface area contributed by atoms with E-state index in [1.165, 1.54) is 17.7 Å². The fourth-order valence-electron chi connectivity index (χ4n) is 3.06. The summed E-state index contributed by atoms with van der Waals surface area (Å²) < 4.78 is 13.0. The number of guanidine groups is 1. The van der Waals surface area contributed by atoms with E-state index in [0.717, 1.165) is 43.9 Å². The van der Waals surface area contributed by atoms with Gasteiger partial charge in [-0.3, -0.25) is 4.99 Å². The molecule has 1 aliphatic heterocycles.